The first-order valence-electron chi connectivity index (χ1n) is 5.86. The van der Waals surface area contributed by atoms with Gasteiger partial charge in [-0.2, -0.15) is 0 Å². The molecule has 3 rings (SSSR count). The van der Waals surface area contributed by atoms with Gasteiger partial charge in [0.15, 0.2) is 0 Å². The molecule has 0 saturated heterocycles. The standard InChI is InChI=1S/C12H15N3O/c1-7-4-10(7)15-12(16)9-5-13-6-14-11(9)8-2-3-8/h5-8,10H,2-4H2,1H3,(H,15,16). The monoisotopic (exact) mass is 217 g/mol. The highest BCUT2D eigenvalue weighted by molar-refractivity contribution is 5.95. The van der Waals surface area contributed by atoms with Crippen LogP contribution in [0.2, 0.25) is 0 Å². The molecule has 2 unspecified atom stereocenters. The molecule has 0 bridgehead atoms. The number of nitrogens with zero attached hydrogens (tertiary/aromatic N) is 2. The third-order valence-corrected chi connectivity index (χ3v) is 3.38. The van der Waals surface area contributed by atoms with Crippen molar-refractivity contribution < 1.29 is 4.79 Å². The van der Waals surface area contributed by atoms with E-state index in [1.165, 1.54) is 6.33 Å². The lowest BCUT2D eigenvalue weighted by molar-refractivity contribution is 0.0947. The summed E-state index contributed by atoms with van der Waals surface area (Å²) in [7, 11) is 0. The Hall–Kier alpha value is -1.45. The highest BCUT2D eigenvalue weighted by Crippen LogP contribution is 2.40. The normalized spacial score (nSPS) is 27.6. The number of amides is 1. The van der Waals surface area contributed by atoms with Crippen molar-refractivity contribution in [3.05, 3.63) is 23.8 Å². The summed E-state index contributed by atoms with van der Waals surface area (Å²) >= 11 is 0. The smallest absolute Gasteiger partial charge is 0.254 e. The van der Waals surface area contributed by atoms with Gasteiger partial charge in [0.1, 0.15) is 6.33 Å². The molecule has 16 heavy (non-hydrogen) atoms. The number of rotatable bonds is 3. The number of carbonyl (C=O) groups excluding carboxylic acids is 1. The van der Waals surface area contributed by atoms with Crippen molar-refractivity contribution in [3.8, 4) is 0 Å². The molecule has 4 nitrogen and oxygen atoms in total. The van der Waals surface area contributed by atoms with Crippen LogP contribution in [0.3, 0.4) is 0 Å². The molecule has 1 N–H and O–H groups in total. The highest BCUT2D eigenvalue weighted by Gasteiger charge is 2.36. The third kappa shape index (κ3) is 1.79. The maximum atomic E-state index is 12.0. The summed E-state index contributed by atoms with van der Waals surface area (Å²) in [6.45, 7) is 2.15. The van der Waals surface area contributed by atoms with Gasteiger partial charge in [0.25, 0.3) is 5.91 Å². The van der Waals surface area contributed by atoms with Crippen LogP contribution in [0.25, 0.3) is 0 Å². The minimum Gasteiger partial charge on any atom is -0.349 e. The number of nitrogens with one attached hydrogen (secondary N) is 1. The summed E-state index contributed by atoms with van der Waals surface area (Å²) in [4.78, 5) is 20.2. The molecule has 1 amide bonds. The number of hydrogen-bond donors (Lipinski definition) is 1. The zero-order valence-electron chi connectivity index (χ0n) is 9.31. The summed E-state index contributed by atoms with van der Waals surface area (Å²) in [5.74, 6) is 1.11. The number of hydrogen-bond acceptors (Lipinski definition) is 3. The van der Waals surface area contributed by atoms with Crippen LogP contribution < -0.4 is 5.32 Å². The predicted octanol–water partition coefficient (Wildman–Crippen LogP) is 1.49. The summed E-state index contributed by atoms with van der Waals surface area (Å²) in [5, 5.41) is 3.02. The molecule has 1 aromatic heterocycles. The zero-order chi connectivity index (χ0) is 11.1. The molecule has 2 aliphatic rings. The van der Waals surface area contributed by atoms with Gasteiger partial charge >= 0.3 is 0 Å². The summed E-state index contributed by atoms with van der Waals surface area (Å²) in [5.41, 5.74) is 1.60. The largest absolute Gasteiger partial charge is 0.349 e. The summed E-state index contributed by atoms with van der Waals surface area (Å²) in [6, 6.07) is 0.361. The molecular formula is C12H15N3O. The topological polar surface area (TPSA) is 54.9 Å². The Bertz CT molecular complexity index is 428. The molecule has 0 aromatic carbocycles. The van der Waals surface area contributed by atoms with Crippen LogP contribution in [0.4, 0.5) is 0 Å². The van der Waals surface area contributed by atoms with Gasteiger partial charge < -0.3 is 5.32 Å². The Morgan fingerprint density at radius 3 is 2.88 bits per heavy atom. The van der Waals surface area contributed by atoms with E-state index in [1.54, 1.807) is 6.20 Å². The molecule has 4 heteroatoms. The van der Waals surface area contributed by atoms with E-state index in [9.17, 15) is 4.79 Å². The van der Waals surface area contributed by atoms with Gasteiger partial charge in [0.05, 0.1) is 11.3 Å². The lowest BCUT2D eigenvalue weighted by Gasteiger charge is -2.07. The summed E-state index contributed by atoms with van der Waals surface area (Å²) in [6.07, 6.45) is 6.57. The van der Waals surface area contributed by atoms with Crippen LogP contribution in [-0.4, -0.2) is 21.9 Å². The van der Waals surface area contributed by atoms with E-state index in [4.69, 9.17) is 0 Å². The lowest BCUT2D eigenvalue weighted by Crippen LogP contribution is -2.27. The Labute approximate surface area is 94.5 Å². The molecule has 1 heterocycles. The van der Waals surface area contributed by atoms with Crippen LogP contribution in [0.1, 0.15) is 48.2 Å². The van der Waals surface area contributed by atoms with Crippen molar-refractivity contribution in [2.24, 2.45) is 5.92 Å². The molecule has 0 aliphatic heterocycles. The Morgan fingerprint density at radius 2 is 2.25 bits per heavy atom. The lowest BCUT2D eigenvalue weighted by atomic mass is 10.1. The molecule has 0 spiro atoms. The van der Waals surface area contributed by atoms with Crippen molar-refractivity contribution in [1.82, 2.24) is 15.3 Å². The van der Waals surface area contributed by atoms with E-state index < -0.39 is 0 Å². The van der Waals surface area contributed by atoms with Crippen LogP contribution in [0, 0.1) is 5.92 Å². The van der Waals surface area contributed by atoms with Crippen molar-refractivity contribution >= 4 is 5.91 Å². The van der Waals surface area contributed by atoms with E-state index >= 15 is 0 Å². The molecule has 2 aliphatic carbocycles. The first-order chi connectivity index (χ1) is 7.75. The molecule has 2 saturated carbocycles. The van der Waals surface area contributed by atoms with E-state index in [1.807, 2.05) is 0 Å². The Kier molecular flexibility index (Phi) is 2.16. The van der Waals surface area contributed by atoms with Crippen molar-refractivity contribution in [2.45, 2.75) is 38.1 Å². The predicted molar refractivity (Wildman–Crippen MR) is 59.0 cm³/mol. The Morgan fingerprint density at radius 1 is 1.50 bits per heavy atom. The van der Waals surface area contributed by atoms with Crippen molar-refractivity contribution in [3.63, 3.8) is 0 Å². The van der Waals surface area contributed by atoms with Crippen LogP contribution >= 0.6 is 0 Å². The molecule has 0 radical (unpaired) electrons. The average Bonchev–Trinajstić information content (AvgIpc) is 3.17. The molecule has 2 atom stereocenters. The molecular weight excluding hydrogens is 202 g/mol. The fraction of sp³-hybridized carbons (Fsp3) is 0.583. The van der Waals surface area contributed by atoms with Crippen LogP contribution in [-0.2, 0) is 0 Å². The van der Waals surface area contributed by atoms with E-state index in [0.29, 0.717) is 23.4 Å². The van der Waals surface area contributed by atoms with Crippen LogP contribution in [0.5, 0.6) is 0 Å². The van der Waals surface area contributed by atoms with Crippen molar-refractivity contribution in [1.29, 1.82) is 0 Å². The maximum Gasteiger partial charge on any atom is 0.254 e. The maximum absolute atomic E-state index is 12.0. The SMILES string of the molecule is CC1CC1NC(=O)c1cncnc1C1CC1. The van der Waals surface area contributed by atoms with Gasteiger partial charge in [-0.15, -0.1) is 0 Å². The van der Waals surface area contributed by atoms with Gasteiger partial charge in [-0.25, -0.2) is 9.97 Å². The van der Waals surface area contributed by atoms with E-state index in [0.717, 1.165) is 25.0 Å². The second kappa shape index (κ2) is 3.54. The van der Waals surface area contributed by atoms with Crippen LogP contribution in [0.15, 0.2) is 12.5 Å². The Balaban J connectivity index is 1.79. The first-order valence-corrected chi connectivity index (χ1v) is 5.86. The first kappa shape index (κ1) is 9.75. The van der Waals surface area contributed by atoms with Gasteiger partial charge in [0.2, 0.25) is 0 Å². The van der Waals surface area contributed by atoms with Gasteiger partial charge in [-0.3, -0.25) is 4.79 Å². The second-order valence-corrected chi connectivity index (χ2v) is 4.89. The van der Waals surface area contributed by atoms with Gasteiger partial charge in [0, 0.05) is 18.2 Å². The fourth-order valence-electron chi connectivity index (χ4n) is 1.97. The van der Waals surface area contributed by atoms with E-state index in [-0.39, 0.29) is 5.91 Å². The zero-order valence-corrected chi connectivity index (χ0v) is 9.31. The minimum atomic E-state index is -0.00292. The van der Waals surface area contributed by atoms with Crippen molar-refractivity contribution in [2.75, 3.05) is 0 Å². The number of carbonyl (C=O) groups is 1. The quantitative estimate of drug-likeness (QED) is 0.834. The number of aromatic nitrogens is 2. The second-order valence-electron chi connectivity index (χ2n) is 4.89. The third-order valence-electron chi connectivity index (χ3n) is 3.38. The van der Waals surface area contributed by atoms with Gasteiger partial charge in [-0.1, -0.05) is 6.92 Å². The van der Waals surface area contributed by atoms with Gasteiger partial charge in [-0.05, 0) is 25.2 Å². The molecule has 2 fully saturated rings. The highest BCUT2D eigenvalue weighted by atomic mass is 16.1. The van der Waals surface area contributed by atoms with E-state index in [2.05, 4.69) is 22.2 Å². The summed E-state index contributed by atoms with van der Waals surface area (Å²) < 4.78 is 0. The average molecular weight is 217 g/mol. The molecule has 1 aromatic rings. The molecule has 84 valence electrons. The fourth-order valence-corrected chi connectivity index (χ4v) is 1.97. The minimum absolute atomic E-state index is 0.00292.